The van der Waals surface area contributed by atoms with Crippen molar-refractivity contribution in [3.8, 4) is 5.75 Å². The average Bonchev–Trinajstić information content (AvgIpc) is 3.37. The summed E-state index contributed by atoms with van der Waals surface area (Å²) < 4.78 is 7.52. The van der Waals surface area contributed by atoms with Crippen LogP contribution in [0.2, 0.25) is 0 Å². The predicted molar refractivity (Wildman–Crippen MR) is 106 cm³/mol. The SMILES string of the molecule is CCC(NC(=O)Nc1ccc(OCc2cccs2)cc1)c1ncnn1CC. The number of rotatable bonds is 8. The lowest BCUT2D eigenvalue weighted by molar-refractivity contribution is 0.247. The molecule has 0 bridgehead atoms. The van der Waals surface area contributed by atoms with Crippen LogP contribution >= 0.6 is 11.3 Å². The third-order valence-corrected chi connectivity index (χ3v) is 4.89. The van der Waals surface area contributed by atoms with Gasteiger partial charge in [-0.15, -0.1) is 11.3 Å². The molecule has 2 N–H and O–H groups in total. The Bertz CT molecular complexity index is 845. The van der Waals surface area contributed by atoms with Crippen LogP contribution < -0.4 is 15.4 Å². The Hall–Kier alpha value is -2.87. The molecule has 2 amide bonds. The quantitative estimate of drug-likeness (QED) is 0.609. The molecule has 7 nitrogen and oxygen atoms in total. The highest BCUT2D eigenvalue weighted by atomic mass is 32.1. The number of thiophene rings is 1. The van der Waals surface area contributed by atoms with E-state index in [1.54, 1.807) is 16.0 Å². The molecule has 0 saturated heterocycles. The van der Waals surface area contributed by atoms with E-state index >= 15 is 0 Å². The molecule has 142 valence electrons. The Morgan fingerprint density at radius 2 is 2.07 bits per heavy atom. The molecule has 1 aromatic carbocycles. The number of nitrogens with one attached hydrogen (secondary N) is 2. The van der Waals surface area contributed by atoms with E-state index in [0.29, 0.717) is 18.8 Å². The van der Waals surface area contributed by atoms with Crippen LogP contribution in [0.5, 0.6) is 5.75 Å². The molecule has 3 rings (SSSR count). The Balaban J connectivity index is 1.54. The van der Waals surface area contributed by atoms with Crippen molar-refractivity contribution in [2.45, 2.75) is 39.5 Å². The van der Waals surface area contributed by atoms with Crippen LogP contribution in [0, 0.1) is 0 Å². The molecule has 27 heavy (non-hydrogen) atoms. The van der Waals surface area contributed by atoms with Crippen molar-refractivity contribution in [1.82, 2.24) is 20.1 Å². The van der Waals surface area contributed by atoms with Gasteiger partial charge in [0.05, 0.1) is 6.04 Å². The largest absolute Gasteiger partial charge is 0.488 e. The number of anilines is 1. The highest BCUT2D eigenvalue weighted by molar-refractivity contribution is 7.09. The van der Waals surface area contributed by atoms with Gasteiger partial charge in [0.1, 0.15) is 24.5 Å². The molecule has 1 atom stereocenters. The lowest BCUT2D eigenvalue weighted by Crippen LogP contribution is -2.33. The number of amides is 2. The fraction of sp³-hybridized carbons (Fsp3) is 0.316. The zero-order chi connectivity index (χ0) is 19.1. The second-order valence-corrected chi connectivity index (χ2v) is 6.92. The number of urea groups is 1. The summed E-state index contributed by atoms with van der Waals surface area (Å²) in [5.74, 6) is 1.52. The average molecular weight is 385 g/mol. The standard InChI is InChI=1S/C19H23N5O2S/c1-3-17(18-20-13-21-24(18)4-2)23-19(25)22-14-7-9-15(10-8-14)26-12-16-6-5-11-27-16/h5-11,13,17H,3-4,12H2,1-2H3,(H2,22,23,25). The topological polar surface area (TPSA) is 81.1 Å². The second kappa shape index (κ2) is 9.18. The van der Waals surface area contributed by atoms with Crippen molar-refractivity contribution >= 4 is 23.1 Å². The maximum Gasteiger partial charge on any atom is 0.319 e. The van der Waals surface area contributed by atoms with E-state index in [4.69, 9.17) is 4.74 Å². The van der Waals surface area contributed by atoms with Gasteiger partial charge in [-0.3, -0.25) is 0 Å². The minimum Gasteiger partial charge on any atom is -0.488 e. The summed E-state index contributed by atoms with van der Waals surface area (Å²) in [4.78, 5) is 17.8. The molecule has 0 spiro atoms. The van der Waals surface area contributed by atoms with Crippen LogP contribution in [0.3, 0.4) is 0 Å². The number of carbonyl (C=O) groups excluding carboxylic acids is 1. The summed E-state index contributed by atoms with van der Waals surface area (Å²) in [7, 11) is 0. The van der Waals surface area contributed by atoms with E-state index < -0.39 is 0 Å². The smallest absolute Gasteiger partial charge is 0.319 e. The van der Waals surface area contributed by atoms with Gasteiger partial charge in [-0.2, -0.15) is 5.10 Å². The fourth-order valence-electron chi connectivity index (χ4n) is 2.64. The van der Waals surface area contributed by atoms with E-state index in [0.717, 1.165) is 18.0 Å². The lowest BCUT2D eigenvalue weighted by atomic mass is 10.2. The molecule has 0 aliphatic carbocycles. The number of hydrogen-bond acceptors (Lipinski definition) is 5. The van der Waals surface area contributed by atoms with Crippen molar-refractivity contribution in [2.75, 3.05) is 5.32 Å². The fourth-order valence-corrected chi connectivity index (χ4v) is 3.26. The summed E-state index contributed by atoms with van der Waals surface area (Å²) in [6, 6.07) is 10.9. The number of benzene rings is 1. The van der Waals surface area contributed by atoms with Crippen LogP contribution in [0.1, 0.15) is 37.0 Å². The maximum absolute atomic E-state index is 12.3. The monoisotopic (exact) mass is 385 g/mol. The van der Waals surface area contributed by atoms with Crippen molar-refractivity contribution in [1.29, 1.82) is 0 Å². The van der Waals surface area contributed by atoms with Crippen LogP contribution in [-0.4, -0.2) is 20.8 Å². The summed E-state index contributed by atoms with van der Waals surface area (Å²) >= 11 is 1.66. The van der Waals surface area contributed by atoms with Crippen LogP contribution in [0.15, 0.2) is 48.1 Å². The lowest BCUT2D eigenvalue weighted by Gasteiger charge is -2.17. The predicted octanol–water partition coefficient (Wildman–Crippen LogP) is 4.21. The van der Waals surface area contributed by atoms with Gasteiger partial charge in [0.15, 0.2) is 0 Å². The zero-order valence-electron chi connectivity index (χ0n) is 15.4. The van der Waals surface area contributed by atoms with Crippen molar-refractivity contribution in [2.24, 2.45) is 0 Å². The highest BCUT2D eigenvalue weighted by Crippen LogP contribution is 2.19. The molecule has 2 heterocycles. The van der Waals surface area contributed by atoms with Crippen LogP contribution in [0.4, 0.5) is 10.5 Å². The van der Waals surface area contributed by atoms with E-state index in [1.807, 2.05) is 55.6 Å². The van der Waals surface area contributed by atoms with Gasteiger partial charge < -0.3 is 15.4 Å². The van der Waals surface area contributed by atoms with Crippen molar-refractivity contribution in [3.63, 3.8) is 0 Å². The van der Waals surface area contributed by atoms with Crippen molar-refractivity contribution < 1.29 is 9.53 Å². The van der Waals surface area contributed by atoms with E-state index in [-0.39, 0.29) is 12.1 Å². The summed E-state index contributed by atoms with van der Waals surface area (Å²) in [5.41, 5.74) is 0.697. The van der Waals surface area contributed by atoms with Gasteiger partial charge in [-0.05, 0) is 49.1 Å². The summed E-state index contributed by atoms with van der Waals surface area (Å²) in [6.07, 6.45) is 2.23. The number of aryl methyl sites for hydroxylation is 1. The normalized spacial score (nSPS) is 11.8. The van der Waals surface area contributed by atoms with E-state index in [9.17, 15) is 4.79 Å². The first kappa shape index (κ1) is 18.9. The number of carbonyl (C=O) groups is 1. The third kappa shape index (κ3) is 5.07. The van der Waals surface area contributed by atoms with Gasteiger partial charge in [0, 0.05) is 17.1 Å². The highest BCUT2D eigenvalue weighted by Gasteiger charge is 2.18. The first-order chi connectivity index (χ1) is 13.2. The Kier molecular flexibility index (Phi) is 6.43. The molecular formula is C19H23N5O2S. The zero-order valence-corrected chi connectivity index (χ0v) is 16.2. The van der Waals surface area contributed by atoms with E-state index in [1.165, 1.54) is 11.2 Å². The first-order valence-corrected chi connectivity index (χ1v) is 9.78. The summed E-state index contributed by atoms with van der Waals surface area (Å²) in [6.45, 7) is 5.25. The molecule has 0 fully saturated rings. The molecule has 0 saturated carbocycles. The van der Waals surface area contributed by atoms with Crippen molar-refractivity contribution in [3.05, 3.63) is 58.8 Å². The Labute approximate surface area is 162 Å². The van der Waals surface area contributed by atoms with Gasteiger partial charge in [-0.1, -0.05) is 13.0 Å². The maximum atomic E-state index is 12.3. The molecule has 3 aromatic rings. The Morgan fingerprint density at radius 3 is 2.74 bits per heavy atom. The molecule has 2 aromatic heterocycles. The van der Waals surface area contributed by atoms with Crippen LogP contribution in [0.25, 0.3) is 0 Å². The Morgan fingerprint density at radius 1 is 1.26 bits per heavy atom. The molecule has 0 aliphatic rings. The molecule has 1 unspecified atom stereocenters. The molecule has 0 aliphatic heterocycles. The number of hydrogen-bond donors (Lipinski definition) is 2. The minimum absolute atomic E-state index is 0.194. The molecular weight excluding hydrogens is 362 g/mol. The van der Waals surface area contributed by atoms with Gasteiger partial charge in [-0.25, -0.2) is 14.5 Å². The minimum atomic E-state index is -0.278. The molecule has 8 heteroatoms. The molecule has 0 radical (unpaired) electrons. The van der Waals surface area contributed by atoms with E-state index in [2.05, 4.69) is 20.7 Å². The van der Waals surface area contributed by atoms with Gasteiger partial charge >= 0.3 is 6.03 Å². The first-order valence-electron chi connectivity index (χ1n) is 8.90. The second-order valence-electron chi connectivity index (χ2n) is 5.89. The van der Waals surface area contributed by atoms with Gasteiger partial charge in [0.2, 0.25) is 0 Å². The third-order valence-electron chi connectivity index (χ3n) is 4.04. The van der Waals surface area contributed by atoms with Gasteiger partial charge in [0.25, 0.3) is 0 Å². The number of nitrogens with zero attached hydrogens (tertiary/aromatic N) is 3. The number of ether oxygens (including phenoxy) is 1. The summed E-state index contributed by atoms with van der Waals surface area (Å²) in [5, 5.41) is 12.0. The number of aromatic nitrogens is 3. The van der Waals surface area contributed by atoms with Crippen LogP contribution in [-0.2, 0) is 13.2 Å².